The van der Waals surface area contributed by atoms with E-state index < -0.39 is 5.97 Å². The fourth-order valence-electron chi connectivity index (χ4n) is 2.62. The molecule has 6 N–H and O–H groups in total. The van der Waals surface area contributed by atoms with Gasteiger partial charge in [0.25, 0.3) is 5.97 Å². The van der Waals surface area contributed by atoms with Gasteiger partial charge < -0.3 is 22.0 Å². The van der Waals surface area contributed by atoms with Crippen LogP contribution < -0.4 is 11.5 Å². The highest BCUT2D eigenvalue weighted by atomic mass is 35.5. The standard InChI is InChI=1S/C20H19N3.C2H4O2.ClH/c1-13-12-16(6-11-19(13)23)20(14-2-7-17(21)8-3-14)15-4-9-18(22)10-5-15;1-2(3)4;/h2-12,21H,22-23H2,1H3;1H3,(H,3,4);1H. The molecular formula is C22H24ClN3O2. The molecule has 0 amide bonds. The number of halogens is 1. The largest absolute Gasteiger partial charge is 0.481 e. The van der Waals surface area contributed by atoms with Gasteiger partial charge in [-0.2, -0.15) is 0 Å². The van der Waals surface area contributed by atoms with Crippen molar-refractivity contribution in [3.05, 3.63) is 89.0 Å². The summed E-state index contributed by atoms with van der Waals surface area (Å²) in [5, 5.41) is 15.1. The van der Waals surface area contributed by atoms with Gasteiger partial charge in [-0.1, -0.05) is 30.4 Å². The number of nitrogen functional groups attached to an aromatic ring is 2. The highest BCUT2D eigenvalue weighted by molar-refractivity contribution is 6.05. The van der Waals surface area contributed by atoms with E-state index in [1.807, 2.05) is 55.5 Å². The van der Waals surface area contributed by atoms with Crippen molar-refractivity contribution < 1.29 is 9.90 Å². The molecule has 0 heterocycles. The minimum atomic E-state index is -0.833. The molecule has 2 aromatic carbocycles. The molecule has 2 aromatic rings. The van der Waals surface area contributed by atoms with Crippen molar-refractivity contribution in [2.75, 3.05) is 11.5 Å². The van der Waals surface area contributed by atoms with E-state index in [-0.39, 0.29) is 12.4 Å². The summed E-state index contributed by atoms with van der Waals surface area (Å²) in [5.74, 6) is -0.833. The van der Waals surface area contributed by atoms with Gasteiger partial charge in [-0.15, -0.1) is 12.4 Å². The highest BCUT2D eigenvalue weighted by Gasteiger charge is 2.12. The number of anilines is 2. The van der Waals surface area contributed by atoms with E-state index in [0.717, 1.165) is 46.1 Å². The molecule has 0 fully saturated rings. The Balaban J connectivity index is 0.000000717. The van der Waals surface area contributed by atoms with Gasteiger partial charge in [0, 0.05) is 18.3 Å². The smallest absolute Gasteiger partial charge is 0.300 e. The Bertz CT molecular complexity index is 936. The van der Waals surface area contributed by atoms with E-state index in [9.17, 15) is 0 Å². The highest BCUT2D eigenvalue weighted by Crippen LogP contribution is 2.31. The van der Waals surface area contributed by atoms with Crippen LogP contribution in [-0.2, 0) is 4.79 Å². The molecule has 1 aliphatic carbocycles. The second-order valence-corrected chi connectivity index (χ2v) is 6.16. The summed E-state index contributed by atoms with van der Waals surface area (Å²) in [6.07, 6.45) is 7.55. The first-order valence-electron chi connectivity index (χ1n) is 8.39. The van der Waals surface area contributed by atoms with Crippen LogP contribution in [0.3, 0.4) is 0 Å². The quantitative estimate of drug-likeness (QED) is 0.553. The molecule has 0 aliphatic heterocycles. The molecule has 3 rings (SSSR count). The number of nitrogens with one attached hydrogen (secondary N) is 1. The summed E-state index contributed by atoms with van der Waals surface area (Å²) < 4.78 is 0. The zero-order valence-electron chi connectivity index (χ0n) is 15.8. The molecule has 146 valence electrons. The maximum Gasteiger partial charge on any atom is 0.300 e. The summed E-state index contributed by atoms with van der Waals surface area (Å²) in [7, 11) is 0. The van der Waals surface area contributed by atoms with Gasteiger partial charge in [0.15, 0.2) is 0 Å². The van der Waals surface area contributed by atoms with Crippen molar-refractivity contribution in [1.29, 1.82) is 5.41 Å². The van der Waals surface area contributed by atoms with E-state index in [0.29, 0.717) is 5.71 Å². The first-order chi connectivity index (χ1) is 12.8. The number of aliphatic carboxylic acids is 1. The van der Waals surface area contributed by atoms with Crippen molar-refractivity contribution in [3.63, 3.8) is 0 Å². The average Bonchev–Trinajstić information content (AvgIpc) is 2.61. The van der Waals surface area contributed by atoms with E-state index in [2.05, 4.69) is 6.07 Å². The number of allylic oxidation sites excluding steroid dienone is 5. The van der Waals surface area contributed by atoms with Crippen LogP contribution in [0.25, 0.3) is 5.57 Å². The number of rotatable bonds is 2. The third-order valence-corrected chi connectivity index (χ3v) is 3.93. The van der Waals surface area contributed by atoms with Crippen molar-refractivity contribution in [2.45, 2.75) is 13.8 Å². The van der Waals surface area contributed by atoms with Gasteiger partial charge in [-0.25, -0.2) is 0 Å². The number of nitrogens with two attached hydrogens (primary N) is 2. The maximum atomic E-state index is 9.00. The number of hydrogen-bond donors (Lipinski definition) is 4. The molecule has 0 saturated heterocycles. The van der Waals surface area contributed by atoms with E-state index >= 15 is 0 Å². The van der Waals surface area contributed by atoms with Crippen molar-refractivity contribution in [2.24, 2.45) is 0 Å². The lowest BCUT2D eigenvalue weighted by molar-refractivity contribution is -0.134. The minimum Gasteiger partial charge on any atom is -0.481 e. The van der Waals surface area contributed by atoms with Gasteiger partial charge in [0.2, 0.25) is 0 Å². The van der Waals surface area contributed by atoms with Crippen LogP contribution in [0.4, 0.5) is 11.4 Å². The van der Waals surface area contributed by atoms with Gasteiger partial charge in [-0.05, 0) is 71.2 Å². The molecule has 0 bridgehead atoms. The van der Waals surface area contributed by atoms with Crippen LogP contribution in [0, 0.1) is 12.3 Å². The third-order valence-electron chi connectivity index (χ3n) is 3.93. The van der Waals surface area contributed by atoms with Crippen LogP contribution in [0.1, 0.15) is 23.6 Å². The predicted molar refractivity (Wildman–Crippen MR) is 119 cm³/mol. The van der Waals surface area contributed by atoms with Gasteiger partial charge >= 0.3 is 0 Å². The fourth-order valence-corrected chi connectivity index (χ4v) is 2.62. The Hall–Kier alpha value is -3.31. The molecule has 1 aliphatic rings. The maximum absolute atomic E-state index is 9.00. The lowest BCUT2D eigenvalue weighted by Crippen LogP contribution is -1.99. The van der Waals surface area contributed by atoms with E-state index in [1.54, 1.807) is 12.2 Å². The first kappa shape index (κ1) is 22.7. The fraction of sp³-hybridized carbons (Fsp3) is 0.0909. The summed E-state index contributed by atoms with van der Waals surface area (Å²) in [6, 6.07) is 13.9. The van der Waals surface area contributed by atoms with Crippen molar-refractivity contribution >= 4 is 41.0 Å². The topological polar surface area (TPSA) is 113 Å². The van der Waals surface area contributed by atoms with Crippen LogP contribution in [0.15, 0.2) is 72.3 Å². The molecule has 0 atom stereocenters. The van der Waals surface area contributed by atoms with Gasteiger partial charge in [0.1, 0.15) is 0 Å². The molecule has 0 saturated carbocycles. The second-order valence-electron chi connectivity index (χ2n) is 6.16. The number of benzene rings is 2. The van der Waals surface area contributed by atoms with Crippen LogP contribution in [0.5, 0.6) is 0 Å². The zero-order chi connectivity index (χ0) is 20.0. The number of carboxylic acid groups (broad SMARTS) is 1. The third kappa shape index (κ3) is 6.14. The van der Waals surface area contributed by atoms with E-state index in [1.165, 1.54) is 0 Å². The second kappa shape index (κ2) is 10.1. The Kier molecular flexibility index (Phi) is 8.23. The van der Waals surface area contributed by atoms with Crippen LogP contribution in [-0.4, -0.2) is 16.8 Å². The summed E-state index contributed by atoms with van der Waals surface area (Å²) in [4.78, 5) is 9.00. The lowest BCUT2D eigenvalue weighted by Gasteiger charge is -2.15. The summed E-state index contributed by atoms with van der Waals surface area (Å²) in [6.45, 7) is 3.09. The Morgan fingerprint density at radius 1 is 0.929 bits per heavy atom. The SMILES string of the molecule is CC(=O)O.Cc1cc(C(=C2C=CC(=N)C=C2)c2ccc(N)cc2)ccc1N.Cl. The lowest BCUT2D eigenvalue weighted by atomic mass is 9.90. The molecular weight excluding hydrogens is 374 g/mol. The van der Waals surface area contributed by atoms with Crippen LogP contribution >= 0.6 is 12.4 Å². The number of aryl methyl sites for hydroxylation is 1. The van der Waals surface area contributed by atoms with Crippen molar-refractivity contribution in [1.82, 2.24) is 0 Å². The number of carboxylic acids is 1. The molecule has 0 radical (unpaired) electrons. The number of hydrogen-bond acceptors (Lipinski definition) is 4. The molecule has 28 heavy (non-hydrogen) atoms. The van der Waals surface area contributed by atoms with E-state index in [4.69, 9.17) is 26.8 Å². The van der Waals surface area contributed by atoms with Crippen molar-refractivity contribution in [3.8, 4) is 0 Å². The predicted octanol–water partition coefficient (Wildman–Crippen LogP) is 4.62. The zero-order valence-corrected chi connectivity index (χ0v) is 16.6. The minimum absolute atomic E-state index is 0. The van der Waals surface area contributed by atoms with Gasteiger partial charge in [-0.3, -0.25) is 4.79 Å². The molecule has 5 nitrogen and oxygen atoms in total. The molecule has 0 spiro atoms. The molecule has 0 aromatic heterocycles. The first-order valence-corrected chi connectivity index (χ1v) is 8.39. The Labute approximate surface area is 171 Å². The summed E-state index contributed by atoms with van der Waals surface area (Å²) in [5.41, 5.74) is 19.2. The molecule has 6 heteroatoms. The van der Waals surface area contributed by atoms with Crippen LogP contribution in [0.2, 0.25) is 0 Å². The Morgan fingerprint density at radius 3 is 1.93 bits per heavy atom. The Morgan fingerprint density at radius 2 is 1.43 bits per heavy atom. The number of carbonyl (C=O) groups is 1. The normalized spacial score (nSPS) is 11.9. The molecule has 0 unspecified atom stereocenters. The van der Waals surface area contributed by atoms with Gasteiger partial charge in [0.05, 0.1) is 5.71 Å². The summed E-state index contributed by atoms with van der Waals surface area (Å²) >= 11 is 0. The monoisotopic (exact) mass is 397 g/mol. The average molecular weight is 398 g/mol.